The third-order valence-corrected chi connectivity index (χ3v) is 5.25. The van der Waals surface area contributed by atoms with E-state index in [-0.39, 0.29) is 0 Å². The molecular formula is C25H41NO. The monoisotopic (exact) mass is 371 g/mol. The highest BCUT2D eigenvalue weighted by Crippen LogP contribution is 2.15. The highest BCUT2D eigenvalue weighted by atomic mass is 16.5. The van der Waals surface area contributed by atoms with Gasteiger partial charge in [0.25, 0.3) is 0 Å². The van der Waals surface area contributed by atoms with Gasteiger partial charge in [-0.3, -0.25) is 0 Å². The van der Waals surface area contributed by atoms with Gasteiger partial charge in [-0.05, 0) is 30.7 Å². The zero-order valence-electron chi connectivity index (χ0n) is 17.7. The Morgan fingerprint density at radius 1 is 0.630 bits per heavy atom. The molecule has 0 atom stereocenters. The lowest BCUT2D eigenvalue weighted by Gasteiger charge is -2.06. The number of hydrogen-bond donors (Lipinski definition) is 0. The Balaban J connectivity index is 1.76. The van der Waals surface area contributed by atoms with E-state index in [0.717, 1.165) is 18.8 Å². The molecule has 0 fully saturated rings. The number of nitrogens with zero attached hydrogens (tertiary/aromatic N) is 1. The average molecular weight is 372 g/mol. The minimum atomic E-state index is 0.685. The summed E-state index contributed by atoms with van der Waals surface area (Å²) in [7, 11) is 0. The predicted molar refractivity (Wildman–Crippen MR) is 116 cm³/mol. The Morgan fingerprint density at radius 2 is 1.04 bits per heavy atom. The van der Waals surface area contributed by atoms with E-state index in [0.29, 0.717) is 5.56 Å². The fraction of sp³-hybridized carbons (Fsp3) is 0.720. The molecule has 0 N–H and O–H groups in total. The van der Waals surface area contributed by atoms with Crippen molar-refractivity contribution in [2.24, 2.45) is 0 Å². The molecule has 0 saturated heterocycles. The molecule has 0 aliphatic rings. The van der Waals surface area contributed by atoms with Crippen molar-refractivity contribution < 1.29 is 4.74 Å². The van der Waals surface area contributed by atoms with Crippen LogP contribution in [0.5, 0.6) is 5.75 Å². The molecule has 0 heterocycles. The van der Waals surface area contributed by atoms with Crippen LogP contribution < -0.4 is 4.74 Å². The first-order valence-corrected chi connectivity index (χ1v) is 11.5. The molecule has 0 amide bonds. The largest absolute Gasteiger partial charge is 0.494 e. The summed E-state index contributed by atoms with van der Waals surface area (Å²) in [6.07, 6.45) is 22.2. The van der Waals surface area contributed by atoms with Crippen LogP contribution in [0.2, 0.25) is 0 Å². The highest BCUT2D eigenvalue weighted by molar-refractivity contribution is 5.34. The standard InChI is InChI=1S/C25H41NO/c1-2-3-4-5-6-7-8-9-10-11-12-13-14-15-16-17-22-27-25-20-18-24(23-26)19-21-25/h18-21H,2-17,22H2,1H3. The summed E-state index contributed by atoms with van der Waals surface area (Å²) in [5, 5.41) is 8.77. The van der Waals surface area contributed by atoms with Gasteiger partial charge in [0.1, 0.15) is 5.75 Å². The molecule has 0 aliphatic carbocycles. The van der Waals surface area contributed by atoms with Crippen molar-refractivity contribution >= 4 is 0 Å². The quantitative estimate of drug-likeness (QED) is 0.244. The maximum Gasteiger partial charge on any atom is 0.119 e. The van der Waals surface area contributed by atoms with Gasteiger partial charge in [-0.15, -0.1) is 0 Å². The van der Waals surface area contributed by atoms with Crippen LogP contribution in [0.15, 0.2) is 24.3 Å². The second-order valence-electron chi connectivity index (χ2n) is 7.79. The number of nitriles is 1. The summed E-state index contributed by atoms with van der Waals surface area (Å²) >= 11 is 0. The minimum absolute atomic E-state index is 0.685. The number of ether oxygens (including phenoxy) is 1. The molecule has 0 saturated carbocycles. The van der Waals surface area contributed by atoms with Crippen LogP contribution in [0.1, 0.15) is 115 Å². The first kappa shape index (κ1) is 23.5. The van der Waals surface area contributed by atoms with E-state index in [2.05, 4.69) is 13.0 Å². The molecule has 0 aromatic heterocycles. The average Bonchev–Trinajstić information content (AvgIpc) is 2.70. The molecule has 0 aliphatic heterocycles. The first-order valence-electron chi connectivity index (χ1n) is 11.5. The highest BCUT2D eigenvalue weighted by Gasteiger charge is 1.96. The summed E-state index contributed by atoms with van der Waals surface area (Å²) in [6.45, 7) is 3.07. The Morgan fingerprint density at radius 3 is 1.44 bits per heavy atom. The van der Waals surface area contributed by atoms with E-state index in [4.69, 9.17) is 10.00 Å². The van der Waals surface area contributed by atoms with Crippen LogP contribution in [0.3, 0.4) is 0 Å². The lowest BCUT2D eigenvalue weighted by Crippen LogP contribution is -1.97. The molecule has 0 spiro atoms. The van der Waals surface area contributed by atoms with E-state index >= 15 is 0 Å². The molecule has 27 heavy (non-hydrogen) atoms. The van der Waals surface area contributed by atoms with Gasteiger partial charge in [-0.1, -0.05) is 103 Å². The van der Waals surface area contributed by atoms with Gasteiger partial charge in [-0.25, -0.2) is 0 Å². The van der Waals surface area contributed by atoms with Crippen LogP contribution >= 0.6 is 0 Å². The number of unbranched alkanes of at least 4 members (excludes halogenated alkanes) is 15. The minimum Gasteiger partial charge on any atom is -0.494 e. The normalized spacial score (nSPS) is 10.7. The van der Waals surface area contributed by atoms with Crippen molar-refractivity contribution in [3.8, 4) is 11.8 Å². The van der Waals surface area contributed by atoms with Gasteiger partial charge in [0.2, 0.25) is 0 Å². The van der Waals surface area contributed by atoms with Crippen molar-refractivity contribution in [3.05, 3.63) is 29.8 Å². The summed E-state index contributed by atoms with van der Waals surface area (Å²) in [4.78, 5) is 0. The van der Waals surface area contributed by atoms with Crippen molar-refractivity contribution in [3.63, 3.8) is 0 Å². The molecule has 2 nitrogen and oxygen atoms in total. The van der Waals surface area contributed by atoms with Crippen molar-refractivity contribution in [2.45, 2.75) is 110 Å². The molecule has 1 rings (SSSR count). The second-order valence-corrected chi connectivity index (χ2v) is 7.79. The van der Waals surface area contributed by atoms with Crippen LogP contribution in [-0.4, -0.2) is 6.61 Å². The summed E-state index contributed by atoms with van der Waals surface area (Å²) < 4.78 is 5.72. The first-order chi connectivity index (χ1) is 13.4. The Bertz CT molecular complexity index is 474. The van der Waals surface area contributed by atoms with E-state index in [9.17, 15) is 0 Å². The van der Waals surface area contributed by atoms with Gasteiger partial charge in [-0.2, -0.15) is 5.26 Å². The van der Waals surface area contributed by atoms with Gasteiger partial charge < -0.3 is 4.74 Å². The second kappa shape index (κ2) is 17.9. The zero-order chi connectivity index (χ0) is 19.4. The Kier molecular flexibility index (Phi) is 15.6. The van der Waals surface area contributed by atoms with E-state index < -0.39 is 0 Å². The fourth-order valence-electron chi connectivity index (χ4n) is 3.47. The van der Waals surface area contributed by atoms with Crippen LogP contribution in [0.25, 0.3) is 0 Å². The topological polar surface area (TPSA) is 33.0 Å². The SMILES string of the molecule is CCCCCCCCCCCCCCCCCCOc1ccc(C#N)cc1. The third kappa shape index (κ3) is 14.3. The number of benzene rings is 1. The van der Waals surface area contributed by atoms with Gasteiger partial charge >= 0.3 is 0 Å². The van der Waals surface area contributed by atoms with Gasteiger partial charge in [0, 0.05) is 0 Å². The lowest BCUT2D eigenvalue weighted by molar-refractivity contribution is 0.304. The number of hydrogen-bond acceptors (Lipinski definition) is 2. The molecule has 152 valence electrons. The maximum atomic E-state index is 8.77. The van der Waals surface area contributed by atoms with Crippen LogP contribution in [-0.2, 0) is 0 Å². The molecule has 1 aromatic carbocycles. The summed E-state index contributed by atoms with van der Waals surface area (Å²) in [5.74, 6) is 0.870. The molecular weight excluding hydrogens is 330 g/mol. The van der Waals surface area contributed by atoms with Crippen molar-refractivity contribution in [1.82, 2.24) is 0 Å². The van der Waals surface area contributed by atoms with Gasteiger partial charge in [0.15, 0.2) is 0 Å². The molecule has 2 heteroatoms. The van der Waals surface area contributed by atoms with Crippen LogP contribution in [0, 0.1) is 11.3 Å². The summed E-state index contributed by atoms with van der Waals surface area (Å²) in [5.41, 5.74) is 0.685. The lowest BCUT2D eigenvalue weighted by atomic mass is 10.0. The summed E-state index contributed by atoms with van der Waals surface area (Å²) in [6, 6.07) is 9.50. The molecule has 0 unspecified atom stereocenters. The van der Waals surface area contributed by atoms with E-state index in [1.165, 1.54) is 96.3 Å². The van der Waals surface area contributed by atoms with E-state index in [1.54, 1.807) is 0 Å². The molecule has 1 aromatic rings. The van der Waals surface area contributed by atoms with Crippen molar-refractivity contribution in [1.29, 1.82) is 5.26 Å². The third-order valence-electron chi connectivity index (χ3n) is 5.25. The number of rotatable bonds is 18. The fourth-order valence-corrected chi connectivity index (χ4v) is 3.47. The molecule has 0 radical (unpaired) electrons. The van der Waals surface area contributed by atoms with Crippen molar-refractivity contribution in [2.75, 3.05) is 6.61 Å². The molecule has 0 bridgehead atoms. The zero-order valence-corrected chi connectivity index (χ0v) is 17.7. The van der Waals surface area contributed by atoms with E-state index in [1.807, 2.05) is 24.3 Å². The Labute approximate surface area is 168 Å². The predicted octanol–water partition coefficient (Wildman–Crippen LogP) is 8.20. The van der Waals surface area contributed by atoms with Gasteiger partial charge in [0.05, 0.1) is 18.2 Å². The smallest absolute Gasteiger partial charge is 0.119 e. The van der Waals surface area contributed by atoms with Crippen LogP contribution in [0.4, 0.5) is 0 Å². The maximum absolute atomic E-state index is 8.77. The Hall–Kier alpha value is -1.49.